The van der Waals surface area contributed by atoms with Gasteiger partial charge in [-0.05, 0) is 24.6 Å². The number of nitrogens with two attached hydrogens (primary N) is 1. The first-order valence-corrected chi connectivity index (χ1v) is 13.5. The lowest BCUT2D eigenvalue weighted by Crippen LogP contribution is -2.67. The molecule has 0 aromatic carbocycles. The second-order valence-corrected chi connectivity index (χ2v) is 11.1. The molecule has 0 radical (unpaired) electrons. The summed E-state index contributed by atoms with van der Waals surface area (Å²) < 4.78 is 6.99. The molecule has 0 saturated carbocycles. The standard InChI is InChI=1S/C30H30N10O/c1-30(32)27-24(14-35-27)40(15-17-4-7-25(41-3)34-10-17)28(30)22-6-5-18(11-33-22)26-19(9-31)12-36-29-21(26)8-23(38-29)20-13-37-39(2)16-20/h4-8,10-13,16,24,27-28,35H,14-15,32H2,1-3H3,(H,36,38)/t24-,27+,28?,30+/m0/s1. The third kappa shape index (κ3) is 4.07. The van der Waals surface area contributed by atoms with Gasteiger partial charge in [-0.3, -0.25) is 14.6 Å². The average Bonchev–Trinajstić information content (AvgIpc) is 3.61. The number of aryl methyl sites for hydroxylation is 1. The van der Waals surface area contributed by atoms with E-state index in [2.05, 4.69) is 43.3 Å². The summed E-state index contributed by atoms with van der Waals surface area (Å²) in [4.78, 5) is 19.7. The number of methoxy groups -OCH3 is 1. The summed E-state index contributed by atoms with van der Waals surface area (Å²) in [7, 11) is 3.49. The van der Waals surface area contributed by atoms with Crippen molar-refractivity contribution in [3.63, 3.8) is 0 Å². The van der Waals surface area contributed by atoms with Crippen LogP contribution in [-0.2, 0) is 13.6 Å². The Bertz CT molecular complexity index is 1780. The van der Waals surface area contributed by atoms with Crippen LogP contribution in [0.3, 0.4) is 0 Å². The number of nitrogens with one attached hydrogen (secondary N) is 2. The molecular formula is C30H30N10O. The van der Waals surface area contributed by atoms with Crippen LogP contribution in [0.15, 0.2) is 61.3 Å². The monoisotopic (exact) mass is 546 g/mol. The molecule has 2 saturated heterocycles. The van der Waals surface area contributed by atoms with Crippen LogP contribution < -0.4 is 15.8 Å². The predicted octanol–water partition coefficient (Wildman–Crippen LogP) is 2.92. The van der Waals surface area contributed by atoms with E-state index in [1.807, 2.05) is 56.0 Å². The predicted molar refractivity (Wildman–Crippen MR) is 153 cm³/mol. The third-order valence-electron chi connectivity index (χ3n) is 8.47. The summed E-state index contributed by atoms with van der Waals surface area (Å²) in [6, 6.07) is 12.7. The van der Waals surface area contributed by atoms with Crippen molar-refractivity contribution in [1.82, 2.24) is 39.9 Å². The van der Waals surface area contributed by atoms with Gasteiger partial charge in [0, 0.05) is 85.2 Å². The fraction of sp³-hybridized carbons (Fsp3) is 0.300. The summed E-state index contributed by atoms with van der Waals surface area (Å²) in [5, 5.41) is 18.6. The molecule has 4 N–H and O–H groups in total. The van der Waals surface area contributed by atoms with Crippen molar-refractivity contribution in [2.24, 2.45) is 12.8 Å². The maximum Gasteiger partial charge on any atom is 0.212 e. The van der Waals surface area contributed by atoms with Crippen LogP contribution in [-0.4, -0.2) is 65.9 Å². The largest absolute Gasteiger partial charge is 0.481 e. The Kier molecular flexibility index (Phi) is 5.86. The van der Waals surface area contributed by atoms with Gasteiger partial charge in [0.15, 0.2) is 0 Å². The first-order valence-electron chi connectivity index (χ1n) is 13.5. The van der Waals surface area contributed by atoms with Gasteiger partial charge in [-0.1, -0.05) is 12.1 Å². The number of nitriles is 1. The first kappa shape index (κ1) is 25.3. The van der Waals surface area contributed by atoms with E-state index in [0.29, 0.717) is 29.7 Å². The lowest BCUT2D eigenvalue weighted by Gasteiger charge is -2.40. The molecule has 2 fully saturated rings. The molecule has 0 bridgehead atoms. The Hall–Kier alpha value is -4.63. The van der Waals surface area contributed by atoms with Gasteiger partial charge in [0.2, 0.25) is 5.88 Å². The van der Waals surface area contributed by atoms with Crippen LogP contribution >= 0.6 is 0 Å². The lowest BCUT2D eigenvalue weighted by molar-refractivity contribution is 0.134. The van der Waals surface area contributed by atoms with Gasteiger partial charge in [0.25, 0.3) is 0 Å². The van der Waals surface area contributed by atoms with E-state index in [0.717, 1.165) is 45.6 Å². The normalized spacial score (nSPS) is 23.7. The molecule has 7 heterocycles. The van der Waals surface area contributed by atoms with E-state index in [4.69, 9.17) is 15.5 Å². The Labute approximate surface area is 237 Å². The number of H-pyrrole nitrogens is 1. The Morgan fingerprint density at radius 3 is 2.63 bits per heavy atom. The highest BCUT2D eigenvalue weighted by atomic mass is 16.5. The van der Waals surface area contributed by atoms with Crippen LogP contribution in [0, 0.1) is 11.3 Å². The van der Waals surface area contributed by atoms with E-state index >= 15 is 0 Å². The summed E-state index contributed by atoms with van der Waals surface area (Å²) in [6.45, 7) is 3.68. The molecule has 2 aliphatic heterocycles. The highest BCUT2D eigenvalue weighted by Crippen LogP contribution is 2.46. The second-order valence-electron chi connectivity index (χ2n) is 11.1. The minimum absolute atomic E-state index is 0.110. The molecule has 0 aliphatic carbocycles. The zero-order valence-corrected chi connectivity index (χ0v) is 23.0. The van der Waals surface area contributed by atoms with E-state index in [1.54, 1.807) is 24.2 Å². The zero-order chi connectivity index (χ0) is 28.3. The van der Waals surface area contributed by atoms with Crippen molar-refractivity contribution < 1.29 is 4.74 Å². The minimum Gasteiger partial charge on any atom is -0.481 e. The molecule has 0 amide bonds. The number of aromatic amines is 1. The highest BCUT2D eigenvalue weighted by Gasteiger charge is 2.59. The molecule has 41 heavy (non-hydrogen) atoms. The number of rotatable bonds is 6. The number of ether oxygens (including phenoxy) is 1. The Morgan fingerprint density at radius 1 is 1.12 bits per heavy atom. The number of pyridine rings is 3. The van der Waals surface area contributed by atoms with E-state index in [9.17, 15) is 5.26 Å². The molecule has 2 aliphatic rings. The number of fused-ring (bicyclic) bond motifs is 2. The molecular weight excluding hydrogens is 516 g/mol. The average molecular weight is 547 g/mol. The van der Waals surface area contributed by atoms with Crippen molar-refractivity contribution in [3.05, 3.63) is 78.1 Å². The van der Waals surface area contributed by atoms with Gasteiger partial charge in [-0.2, -0.15) is 10.4 Å². The van der Waals surface area contributed by atoms with Crippen molar-refractivity contribution in [1.29, 1.82) is 5.26 Å². The van der Waals surface area contributed by atoms with Gasteiger partial charge in [0.05, 0.1) is 41.8 Å². The number of likely N-dealkylation sites (tertiary alicyclic amines) is 1. The molecule has 11 nitrogen and oxygen atoms in total. The number of hydrogen-bond acceptors (Lipinski definition) is 9. The smallest absolute Gasteiger partial charge is 0.212 e. The van der Waals surface area contributed by atoms with Gasteiger partial charge in [0.1, 0.15) is 11.7 Å². The van der Waals surface area contributed by atoms with E-state index in [-0.39, 0.29) is 12.1 Å². The molecule has 0 spiro atoms. The summed E-state index contributed by atoms with van der Waals surface area (Å²) in [6.07, 6.45) is 9.05. The quantitative estimate of drug-likeness (QED) is 0.292. The number of hydrogen-bond donors (Lipinski definition) is 3. The van der Waals surface area contributed by atoms with Crippen molar-refractivity contribution >= 4 is 11.0 Å². The summed E-state index contributed by atoms with van der Waals surface area (Å²) >= 11 is 0. The van der Waals surface area contributed by atoms with Crippen LogP contribution in [0.2, 0.25) is 0 Å². The number of nitrogens with zero attached hydrogens (tertiary/aromatic N) is 7. The van der Waals surface area contributed by atoms with Gasteiger partial charge < -0.3 is 20.8 Å². The maximum absolute atomic E-state index is 9.96. The van der Waals surface area contributed by atoms with Gasteiger partial charge in [-0.25, -0.2) is 9.97 Å². The molecule has 4 atom stereocenters. The fourth-order valence-corrected chi connectivity index (χ4v) is 6.44. The van der Waals surface area contributed by atoms with Crippen LogP contribution in [0.5, 0.6) is 5.88 Å². The van der Waals surface area contributed by atoms with E-state index in [1.165, 1.54) is 0 Å². The van der Waals surface area contributed by atoms with Crippen molar-refractivity contribution in [3.8, 4) is 34.3 Å². The summed E-state index contributed by atoms with van der Waals surface area (Å²) in [5.74, 6) is 0.591. The Balaban J connectivity index is 1.26. The van der Waals surface area contributed by atoms with Crippen molar-refractivity contribution in [2.45, 2.75) is 37.1 Å². The molecule has 11 heteroatoms. The summed E-state index contributed by atoms with van der Waals surface area (Å²) in [5.41, 5.74) is 13.1. The zero-order valence-electron chi connectivity index (χ0n) is 23.0. The second kappa shape index (κ2) is 9.49. The fourth-order valence-electron chi connectivity index (χ4n) is 6.44. The topological polar surface area (TPSA) is 147 Å². The van der Waals surface area contributed by atoms with Gasteiger partial charge >= 0.3 is 0 Å². The van der Waals surface area contributed by atoms with Crippen LogP contribution in [0.25, 0.3) is 33.4 Å². The SMILES string of the molecule is COc1ccc(CN2C(c3ccc(-c4c(C#N)cnc5[nH]c(-c6cnn(C)c6)cc45)cn3)[C@](C)(N)[C@@H]3NC[C@@H]32)cn1. The minimum atomic E-state index is -0.529. The molecule has 7 rings (SSSR count). The lowest BCUT2D eigenvalue weighted by atomic mass is 9.82. The molecule has 5 aromatic rings. The van der Waals surface area contributed by atoms with Crippen LogP contribution in [0.4, 0.5) is 0 Å². The van der Waals surface area contributed by atoms with Crippen molar-refractivity contribution in [2.75, 3.05) is 13.7 Å². The molecule has 1 unspecified atom stereocenters. The van der Waals surface area contributed by atoms with Crippen LogP contribution in [0.1, 0.15) is 29.8 Å². The maximum atomic E-state index is 9.96. The van der Waals surface area contributed by atoms with E-state index < -0.39 is 5.54 Å². The number of aromatic nitrogens is 6. The van der Waals surface area contributed by atoms with Gasteiger partial charge in [-0.15, -0.1) is 0 Å². The third-order valence-corrected chi connectivity index (χ3v) is 8.47. The highest BCUT2D eigenvalue weighted by molar-refractivity contribution is 5.98. The Morgan fingerprint density at radius 2 is 2.00 bits per heavy atom. The first-order chi connectivity index (χ1) is 19.9. The molecule has 5 aromatic heterocycles. The molecule has 206 valence electrons.